The molecule has 4 rings (SSSR count). The number of amides is 1. The van der Waals surface area contributed by atoms with Crippen LogP contribution in [0.3, 0.4) is 0 Å². The molecule has 1 amide bonds. The van der Waals surface area contributed by atoms with E-state index in [-0.39, 0.29) is 17.8 Å². The van der Waals surface area contributed by atoms with Gasteiger partial charge in [-0.1, -0.05) is 23.5 Å². The molecule has 10 heteroatoms. The Morgan fingerprint density at radius 3 is 2.88 bits per heavy atom. The molecule has 130 valence electrons. The predicted octanol–water partition coefficient (Wildman–Crippen LogP) is 2.75. The molecule has 0 spiro atoms. The summed E-state index contributed by atoms with van der Waals surface area (Å²) in [4.78, 5) is 38.8. The Kier molecular flexibility index (Phi) is 3.73. The zero-order valence-corrected chi connectivity index (χ0v) is 13.9. The second-order valence-corrected chi connectivity index (χ2v) is 6.43. The number of fused-ring (bicyclic) bond motifs is 2. The third kappa shape index (κ3) is 2.82. The maximum atomic E-state index is 12.3. The van der Waals surface area contributed by atoms with Crippen molar-refractivity contribution in [2.24, 2.45) is 0 Å². The van der Waals surface area contributed by atoms with Crippen molar-refractivity contribution in [2.75, 3.05) is 5.32 Å². The zero-order valence-electron chi connectivity index (χ0n) is 13.0. The van der Waals surface area contributed by atoms with Crippen LogP contribution in [-0.4, -0.2) is 20.4 Å². The Hall–Kier alpha value is -3.53. The largest absolute Gasteiger partial charge is 0.420 e. The summed E-state index contributed by atoms with van der Waals surface area (Å²) in [7, 11) is 0. The first-order chi connectivity index (χ1) is 12.5. The molecule has 0 unspecified atom stereocenters. The SMILES string of the molecule is O=C(Cn1c(=O)oc2cc([N+](=O)[O-])ccc21)Nc1nc2ccccc2s1. The normalized spacial score (nSPS) is 11.1. The van der Waals surface area contributed by atoms with Gasteiger partial charge in [0.25, 0.3) is 5.69 Å². The number of carbonyl (C=O) groups excluding carboxylic acids is 1. The molecular weight excluding hydrogens is 360 g/mol. The highest BCUT2D eigenvalue weighted by molar-refractivity contribution is 7.22. The third-order valence-corrected chi connectivity index (χ3v) is 4.66. The molecule has 0 aliphatic carbocycles. The van der Waals surface area contributed by atoms with Crippen molar-refractivity contribution in [3.8, 4) is 0 Å². The van der Waals surface area contributed by atoms with Crippen LogP contribution >= 0.6 is 11.3 Å². The van der Waals surface area contributed by atoms with Gasteiger partial charge in [0, 0.05) is 6.07 Å². The maximum absolute atomic E-state index is 12.3. The van der Waals surface area contributed by atoms with E-state index in [0.717, 1.165) is 20.9 Å². The number of thiazole rings is 1. The summed E-state index contributed by atoms with van der Waals surface area (Å²) < 4.78 is 7.04. The van der Waals surface area contributed by atoms with Crippen LogP contribution in [0.4, 0.5) is 10.8 Å². The van der Waals surface area contributed by atoms with Crippen molar-refractivity contribution in [1.82, 2.24) is 9.55 Å². The molecule has 2 aromatic carbocycles. The lowest BCUT2D eigenvalue weighted by molar-refractivity contribution is -0.384. The fourth-order valence-corrected chi connectivity index (χ4v) is 3.43. The highest BCUT2D eigenvalue weighted by atomic mass is 32.1. The molecule has 0 bridgehead atoms. The van der Waals surface area contributed by atoms with Gasteiger partial charge in [0.15, 0.2) is 10.7 Å². The minimum Gasteiger partial charge on any atom is -0.407 e. The molecule has 0 saturated carbocycles. The maximum Gasteiger partial charge on any atom is 0.420 e. The number of nitrogens with zero attached hydrogens (tertiary/aromatic N) is 3. The van der Waals surface area contributed by atoms with Crippen molar-refractivity contribution < 1.29 is 14.1 Å². The van der Waals surface area contributed by atoms with Crippen molar-refractivity contribution in [3.05, 3.63) is 63.1 Å². The fourth-order valence-electron chi connectivity index (χ4n) is 2.55. The number of hydrogen-bond donors (Lipinski definition) is 1. The van der Waals surface area contributed by atoms with E-state index in [2.05, 4.69) is 10.3 Å². The quantitative estimate of drug-likeness (QED) is 0.436. The number of nitro benzene ring substituents is 1. The lowest BCUT2D eigenvalue weighted by atomic mass is 10.3. The number of non-ortho nitro benzene ring substituents is 1. The van der Waals surface area contributed by atoms with Gasteiger partial charge < -0.3 is 9.73 Å². The van der Waals surface area contributed by atoms with Crippen LogP contribution in [0.2, 0.25) is 0 Å². The van der Waals surface area contributed by atoms with E-state index in [1.54, 1.807) is 0 Å². The fraction of sp³-hybridized carbons (Fsp3) is 0.0625. The standard InChI is InChI=1S/C16H10N4O5S/c21-14(18-15-17-10-3-1-2-4-13(10)26-15)8-19-11-6-5-9(20(23)24)7-12(11)25-16(19)22/h1-7H,8H2,(H,17,18,21). The first kappa shape index (κ1) is 16.0. The Balaban J connectivity index is 1.60. The van der Waals surface area contributed by atoms with Gasteiger partial charge in [-0.05, 0) is 18.2 Å². The number of carbonyl (C=O) groups is 1. The van der Waals surface area contributed by atoms with E-state index in [0.29, 0.717) is 10.6 Å². The number of oxazole rings is 1. The summed E-state index contributed by atoms with van der Waals surface area (Å²) in [5.74, 6) is -1.22. The lowest BCUT2D eigenvalue weighted by Crippen LogP contribution is -2.24. The van der Waals surface area contributed by atoms with Gasteiger partial charge in [-0.2, -0.15) is 0 Å². The minimum atomic E-state index is -0.764. The number of anilines is 1. The summed E-state index contributed by atoms with van der Waals surface area (Å²) in [6.07, 6.45) is 0. The Morgan fingerprint density at radius 1 is 1.31 bits per heavy atom. The number of para-hydroxylation sites is 1. The predicted molar refractivity (Wildman–Crippen MR) is 95.4 cm³/mol. The molecule has 1 N–H and O–H groups in total. The molecule has 0 aliphatic rings. The smallest absolute Gasteiger partial charge is 0.407 e. The summed E-state index contributed by atoms with van der Waals surface area (Å²) in [6, 6.07) is 11.2. The molecule has 0 radical (unpaired) electrons. The average Bonchev–Trinajstić information content (AvgIpc) is 3.14. The molecular formula is C16H10N4O5S. The van der Waals surface area contributed by atoms with Crippen LogP contribution < -0.4 is 11.1 Å². The van der Waals surface area contributed by atoms with Gasteiger partial charge in [0.2, 0.25) is 5.91 Å². The second-order valence-electron chi connectivity index (χ2n) is 5.40. The first-order valence-electron chi connectivity index (χ1n) is 7.44. The monoisotopic (exact) mass is 370 g/mol. The van der Waals surface area contributed by atoms with Crippen LogP contribution in [0.25, 0.3) is 21.3 Å². The van der Waals surface area contributed by atoms with E-state index in [4.69, 9.17) is 4.42 Å². The van der Waals surface area contributed by atoms with Gasteiger partial charge in [-0.3, -0.25) is 19.5 Å². The number of rotatable bonds is 4. The third-order valence-electron chi connectivity index (χ3n) is 3.70. The minimum absolute atomic E-state index is 0.0528. The first-order valence-corrected chi connectivity index (χ1v) is 8.26. The van der Waals surface area contributed by atoms with E-state index in [9.17, 15) is 19.7 Å². The zero-order chi connectivity index (χ0) is 18.3. The molecule has 9 nitrogen and oxygen atoms in total. The van der Waals surface area contributed by atoms with E-state index in [1.807, 2.05) is 24.3 Å². The van der Waals surface area contributed by atoms with E-state index >= 15 is 0 Å². The molecule has 2 aromatic heterocycles. The highest BCUT2D eigenvalue weighted by Crippen LogP contribution is 2.25. The summed E-state index contributed by atoms with van der Waals surface area (Å²) in [5.41, 5.74) is 0.931. The highest BCUT2D eigenvalue weighted by Gasteiger charge is 2.17. The molecule has 0 saturated heterocycles. The van der Waals surface area contributed by atoms with E-state index < -0.39 is 16.6 Å². The van der Waals surface area contributed by atoms with Crippen LogP contribution in [0, 0.1) is 10.1 Å². The van der Waals surface area contributed by atoms with Crippen LogP contribution in [0.5, 0.6) is 0 Å². The number of aromatic nitrogens is 2. The Morgan fingerprint density at radius 2 is 2.12 bits per heavy atom. The van der Waals surface area contributed by atoms with Gasteiger partial charge in [0.05, 0.1) is 26.7 Å². The molecule has 4 aromatic rings. The molecule has 0 aliphatic heterocycles. The van der Waals surface area contributed by atoms with Crippen LogP contribution in [0.15, 0.2) is 51.7 Å². The molecule has 0 fully saturated rings. The molecule has 26 heavy (non-hydrogen) atoms. The van der Waals surface area contributed by atoms with Crippen molar-refractivity contribution in [3.63, 3.8) is 0 Å². The molecule has 2 heterocycles. The van der Waals surface area contributed by atoms with Crippen LogP contribution in [-0.2, 0) is 11.3 Å². The van der Waals surface area contributed by atoms with Gasteiger partial charge in [0.1, 0.15) is 6.54 Å². The van der Waals surface area contributed by atoms with Crippen molar-refractivity contribution >= 4 is 49.4 Å². The topological polar surface area (TPSA) is 120 Å². The van der Waals surface area contributed by atoms with Gasteiger partial charge in [-0.25, -0.2) is 9.78 Å². The van der Waals surface area contributed by atoms with E-state index in [1.165, 1.54) is 23.5 Å². The summed E-state index contributed by atoms with van der Waals surface area (Å²) in [6.45, 7) is -0.292. The number of nitrogens with one attached hydrogen (secondary N) is 1. The van der Waals surface area contributed by atoms with Crippen molar-refractivity contribution in [1.29, 1.82) is 0 Å². The Labute approximate surface area is 148 Å². The number of nitro groups is 1. The van der Waals surface area contributed by atoms with Crippen LogP contribution in [0.1, 0.15) is 0 Å². The molecule has 0 atom stereocenters. The average molecular weight is 370 g/mol. The van der Waals surface area contributed by atoms with Crippen molar-refractivity contribution in [2.45, 2.75) is 6.54 Å². The number of hydrogen-bond acceptors (Lipinski definition) is 7. The summed E-state index contributed by atoms with van der Waals surface area (Å²) >= 11 is 1.32. The lowest BCUT2D eigenvalue weighted by Gasteiger charge is -2.02. The van der Waals surface area contributed by atoms with Gasteiger partial charge >= 0.3 is 5.76 Å². The number of benzene rings is 2. The van der Waals surface area contributed by atoms with Gasteiger partial charge in [-0.15, -0.1) is 0 Å². The summed E-state index contributed by atoms with van der Waals surface area (Å²) in [5, 5.41) is 13.9. The second kappa shape index (κ2) is 6.08. The Bertz CT molecular complexity index is 1190.